The summed E-state index contributed by atoms with van der Waals surface area (Å²) < 4.78 is 6.29. The van der Waals surface area contributed by atoms with Gasteiger partial charge in [0.2, 0.25) is 0 Å². The molecule has 2 atom stereocenters. The number of hydrogen-bond donors (Lipinski definition) is 1. The van der Waals surface area contributed by atoms with Gasteiger partial charge in [0.15, 0.2) is 6.10 Å². The molecule has 1 aliphatic heterocycles. The number of benzene rings is 3. The Morgan fingerprint density at radius 2 is 1.76 bits per heavy atom. The Morgan fingerprint density at radius 3 is 2.50 bits per heavy atom. The van der Waals surface area contributed by atoms with Crippen molar-refractivity contribution < 1.29 is 9.53 Å². The number of nitrogens with zero attached hydrogens (tertiary/aromatic N) is 2. The van der Waals surface area contributed by atoms with Crippen molar-refractivity contribution in [3.05, 3.63) is 131 Å². The van der Waals surface area contributed by atoms with Gasteiger partial charge in [0.25, 0.3) is 5.91 Å². The van der Waals surface area contributed by atoms with Crippen molar-refractivity contribution >= 4 is 5.91 Å². The van der Waals surface area contributed by atoms with Crippen molar-refractivity contribution in [2.45, 2.75) is 44.9 Å². The summed E-state index contributed by atoms with van der Waals surface area (Å²) in [7, 11) is 0. The average molecular weight is 506 g/mol. The third-order valence-corrected chi connectivity index (χ3v) is 7.14. The van der Waals surface area contributed by atoms with Crippen LogP contribution in [0.3, 0.4) is 0 Å². The number of nitrogens with one attached hydrogen (secondary N) is 1. The van der Waals surface area contributed by atoms with Gasteiger partial charge in [0.05, 0.1) is 6.04 Å². The number of amides is 1. The number of pyridine rings is 1. The molecule has 5 rings (SSSR count). The summed E-state index contributed by atoms with van der Waals surface area (Å²) >= 11 is 0. The van der Waals surface area contributed by atoms with Gasteiger partial charge < -0.3 is 10.1 Å². The quantitative estimate of drug-likeness (QED) is 0.298. The summed E-state index contributed by atoms with van der Waals surface area (Å²) in [6.07, 6.45) is 3.49. The lowest BCUT2D eigenvalue weighted by Gasteiger charge is -2.38. The first-order valence-electron chi connectivity index (χ1n) is 13.5. The van der Waals surface area contributed by atoms with E-state index in [1.165, 1.54) is 22.3 Å². The number of fused-ring (bicyclic) bond motifs is 1. The molecule has 5 nitrogen and oxygen atoms in total. The minimum atomic E-state index is -0.545. The summed E-state index contributed by atoms with van der Waals surface area (Å²) in [5.74, 6) is 0.643. The van der Waals surface area contributed by atoms with E-state index in [1.807, 2.05) is 31.2 Å². The second-order valence-corrected chi connectivity index (χ2v) is 9.76. The second-order valence-electron chi connectivity index (χ2n) is 9.76. The van der Waals surface area contributed by atoms with Crippen molar-refractivity contribution in [1.82, 2.24) is 15.2 Å². The lowest BCUT2D eigenvalue weighted by molar-refractivity contribution is -0.128. The van der Waals surface area contributed by atoms with Gasteiger partial charge >= 0.3 is 0 Å². The molecule has 2 heterocycles. The van der Waals surface area contributed by atoms with Gasteiger partial charge in [-0.15, -0.1) is 0 Å². The van der Waals surface area contributed by atoms with Gasteiger partial charge in [-0.1, -0.05) is 79.7 Å². The van der Waals surface area contributed by atoms with E-state index in [2.05, 4.69) is 88.0 Å². The maximum atomic E-state index is 12.9. The van der Waals surface area contributed by atoms with E-state index in [9.17, 15) is 4.79 Å². The molecule has 0 saturated carbocycles. The third-order valence-electron chi connectivity index (χ3n) is 7.14. The van der Waals surface area contributed by atoms with Gasteiger partial charge in [-0.2, -0.15) is 0 Å². The van der Waals surface area contributed by atoms with E-state index >= 15 is 0 Å². The Morgan fingerprint density at radius 1 is 1.00 bits per heavy atom. The Bertz CT molecular complexity index is 1310. The number of carbonyl (C=O) groups is 1. The molecule has 0 bridgehead atoms. The van der Waals surface area contributed by atoms with E-state index < -0.39 is 6.10 Å². The molecule has 0 aliphatic carbocycles. The summed E-state index contributed by atoms with van der Waals surface area (Å²) in [6.45, 7) is 4.37. The molecule has 0 radical (unpaired) electrons. The van der Waals surface area contributed by atoms with Crippen LogP contribution in [-0.4, -0.2) is 35.0 Å². The lowest BCUT2D eigenvalue weighted by atomic mass is 9.87. The van der Waals surface area contributed by atoms with Crippen LogP contribution in [0.15, 0.2) is 103 Å². The molecule has 1 amide bonds. The number of carbonyl (C=O) groups excluding carboxylic acids is 1. The molecule has 38 heavy (non-hydrogen) atoms. The number of ether oxygens (including phenoxy) is 1. The van der Waals surface area contributed by atoms with E-state index in [0.717, 1.165) is 31.0 Å². The van der Waals surface area contributed by atoms with Crippen LogP contribution < -0.4 is 10.1 Å². The van der Waals surface area contributed by atoms with Crippen LogP contribution in [0.5, 0.6) is 5.75 Å². The van der Waals surface area contributed by atoms with Crippen molar-refractivity contribution in [3.8, 4) is 5.75 Å². The molecule has 194 valence electrons. The maximum absolute atomic E-state index is 12.9. The molecule has 3 aromatic carbocycles. The second kappa shape index (κ2) is 12.5. The molecule has 0 fully saturated rings. The lowest BCUT2D eigenvalue weighted by Crippen LogP contribution is -2.39. The average Bonchev–Trinajstić information content (AvgIpc) is 2.97. The van der Waals surface area contributed by atoms with Crippen LogP contribution >= 0.6 is 0 Å². The van der Waals surface area contributed by atoms with Crippen LogP contribution in [0, 0.1) is 0 Å². The van der Waals surface area contributed by atoms with Crippen molar-refractivity contribution in [1.29, 1.82) is 0 Å². The molecule has 4 aromatic rings. The fourth-order valence-electron chi connectivity index (χ4n) is 5.19. The Balaban J connectivity index is 1.33. The molecule has 0 spiro atoms. The Labute approximate surface area is 225 Å². The summed E-state index contributed by atoms with van der Waals surface area (Å²) in [5, 5.41) is 3.02. The predicted molar refractivity (Wildman–Crippen MR) is 151 cm³/mol. The molecule has 2 unspecified atom stereocenters. The molecule has 0 saturated heterocycles. The van der Waals surface area contributed by atoms with Gasteiger partial charge in [-0.3, -0.25) is 14.7 Å². The Kier molecular flexibility index (Phi) is 8.46. The van der Waals surface area contributed by atoms with Crippen LogP contribution in [-0.2, 0) is 24.2 Å². The minimum absolute atomic E-state index is 0.0912. The number of hydrogen-bond acceptors (Lipinski definition) is 4. The zero-order valence-corrected chi connectivity index (χ0v) is 21.9. The maximum Gasteiger partial charge on any atom is 0.261 e. The molecule has 5 heteroatoms. The van der Waals surface area contributed by atoms with Crippen molar-refractivity contribution in [2.24, 2.45) is 0 Å². The van der Waals surface area contributed by atoms with Gasteiger partial charge in [-0.25, -0.2) is 0 Å². The zero-order valence-electron chi connectivity index (χ0n) is 21.9. The molecule has 1 N–H and O–H groups in total. The first-order valence-corrected chi connectivity index (χ1v) is 13.5. The standard InChI is InChI=1S/C33H35N3O2/c1-2-31(33(37)35-21-18-28-15-9-10-20-34-28)38-29-17-16-26-19-22-36(24-25-11-5-3-6-12-25)32(30(26)23-29)27-13-7-4-8-14-27/h3-17,20,23,31-32H,2,18-19,21-22,24H2,1H3,(H,35,37). The smallest absolute Gasteiger partial charge is 0.261 e. The fourth-order valence-corrected chi connectivity index (χ4v) is 5.19. The third kappa shape index (κ3) is 6.29. The largest absolute Gasteiger partial charge is 0.481 e. The topological polar surface area (TPSA) is 54.5 Å². The summed E-state index contributed by atoms with van der Waals surface area (Å²) in [6, 6.07) is 33.6. The van der Waals surface area contributed by atoms with E-state index in [0.29, 0.717) is 19.4 Å². The summed E-state index contributed by atoms with van der Waals surface area (Å²) in [4.78, 5) is 19.8. The van der Waals surface area contributed by atoms with E-state index in [-0.39, 0.29) is 11.9 Å². The van der Waals surface area contributed by atoms with Crippen LogP contribution in [0.25, 0.3) is 0 Å². The summed E-state index contributed by atoms with van der Waals surface area (Å²) in [5.41, 5.74) is 6.12. The van der Waals surface area contributed by atoms with Crippen LogP contribution in [0.1, 0.15) is 47.3 Å². The highest BCUT2D eigenvalue weighted by Gasteiger charge is 2.29. The van der Waals surface area contributed by atoms with E-state index in [1.54, 1.807) is 6.20 Å². The fraction of sp³-hybridized carbons (Fsp3) is 0.273. The highest BCUT2D eigenvalue weighted by Crippen LogP contribution is 2.38. The highest BCUT2D eigenvalue weighted by molar-refractivity contribution is 5.81. The first kappa shape index (κ1) is 25.7. The van der Waals surface area contributed by atoms with E-state index in [4.69, 9.17) is 4.74 Å². The number of aromatic nitrogens is 1. The van der Waals surface area contributed by atoms with Crippen molar-refractivity contribution in [3.63, 3.8) is 0 Å². The monoisotopic (exact) mass is 505 g/mol. The van der Waals surface area contributed by atoms with Crippen LogP contribution in [0.4, 0.5) is 0 Å². The van der Waals surface area contributed by atoms with Crippen LogP contribution in [0.2, 0.25) is 0 Å². The van der Waals surface area contributed by atoms with Gasteiger partial charge in [-0.05, 0) is 59.4 Å². The molecule has 1 aliphatic rings. The molecular formula is C33H35N3O2. The minimum Gasteiger partial charge on any atom is -0.481 e. The normalized spacial score (nSPS) is 15.9. The van der Waals surface area contributed by atoms with Gasteiger partial charge in [0, 0.05) is 37.9 Å². The first-order chi connectivity index (χ1) is 18.7. The number of rotatable bonds is 10. The molecule has 1 aromatic heterocycles. The highest BCUT2D eigenvalue weighted by atomic mass is 16.5. The molecular weight excluding hydrogens is 470 g/mol. The zero-order chi connectivity index (χ0) is 26.2. The predicted octanol–water partition coefficient (Wildman–Crippen LogP) is 5.75. The Hall–Kier alpha value is -3.96. The van der Waals surface area contributed by atoms with Gasteiger partial charge in [0.1, 0.15) is 5.75 Å². The SMILES string of the molecule is CCC(Oc1ccc2c(c1)C(c1ccccc1)N(Cc1ccccc1)CC2)C(=O)NCCc1ccccn1. The van der Waals surface area contributed by atoms with Crippen molar-refractivity contribution in [2.75, 3.05) is 13.1 Å².